The van der Waals surface area contributed by atoms with Crippen molar-refractivity contribution >= 4 is 18.0 Å². The van der Waals surface area contributed by atoms with Crippen molar-refractivity contribution in [3.8, 4) is 5.75 Å². The van der Waals surface area contributed by atoms with E-state index in [0.29, 0.717) is 17.9 Å². The molecule has 0 spiro atoms. The predicted octanol–water partition coefficient (Wildman–Crippen LogP) is 3.68. The highest BCUT2D eigenvalue weighted by Gasteiger charge is 2.34. The number of amides is 2. The van der Waals surface area contributed by atoms with E-state index in [-0.39, 0.29) is 6.42 Å². The first-order valence-corrected chi connectivity index (χ1v) is 10.7. The molecule has 0 aliphatic heterocycles. The third kappa shape index (κ3) is 8.84. The highest BCUT2D eigenvalue weighted by Crippen LogP contribution is 2.16. The summed E-state index contributed by atoms with van der Waals surface area (Å²) in [5, 5.41) is 14.6. The number of aliphatic carboxylic acids is 1. The minimum atomic E-state index is -1.37. The van der Waals surface area contributed by atoms with Crippen LogP contribution in [-0.2, 0) is 27.4 Å². The van der Waals surface area contributed by atoms with Crippen molar-refractivity contribution in [2.45, 2.75) is 64.8 Å². The van der Waals surface area contributed by atoms with Crippen LogP contribution in [0.15, 0.2) is 54.6 Å². The van der Waals surface area contributed by atoms with Crippen LogP contribution in [0.2, 0.25) is 0 Å². The number of benzene rings is 2. The minimum Gasteiger partial charge on any atom is -0.489 e. The van der Waals surface area contributed by atoms with Crippen molar-refractivity contribution in [1.82, 2.24) is 10.6 Å². The fourth-order valence-electron chi connectivity index (χ4n) is 2.85. The summed E-state index contributed by atoms with van der Waals surface area (Å²) in [4.78, 5) is 36.5. The lowest BCUT2D eigenvalue weighted by Crippen LogP contribution is -2.58. The Morgan fingerprint density at radius 2 is 1.52 bits per heavy atom. The Morgan fingerprint density at radius 3 is 2.06 bits per heavy atom. The van der Waals surface area contributed by atoms with E-state index >= 15 is 0 Å². The Labute approximate surface area is 194 Å². The second-order valence-corrected chi connectivity index (χ2v) is 9.24. The van der Waals surface area contributed by atoms with Gasteiger partial charge in [-0.2, -0.15) is 0 Å². The standard InChI is InChI=1S/C25H32N2O6/c1-24(2,3)33-23(31)27-25(4,5)22(30)26-20(21(28)29)15-17-11-13-19(14-12-17)32-16-18-9-7-6-8-10-18/h6-14,20H,15-16H2,1-5H3,(H,26,30)(H,27,31)(H,28,29)/t20-/m1/s1. The summed E-state index contributed by atoms with van der Waals surface area (Å²) in [7, 11) is 0. The number of carbonyl (C=O) groups is 3. The number of hydrogen-bond acceptors (Lipinski definition) is 5. The largest absolute Gasteiger partial charge is 0.489 e. The fourth-order valence-corrected chi connectivity index (χ4v) is 2.85. The maximum absolute atomic E-state index is 12.7. The van der Waals surface area contributed by atoms with Gasteiger partial charge in [0.1, 0.15) is 29.5 Å². The molecule has 0 fully saturated rings. The van der Waals surface area contributed by atoms with Crippen molar-refractivity contribution < 1.29 is 29.0 Å². The maximum atomic E-state index is 12.7. The Bertz CT molecular complexity index is 949. The zero-order valence-electron chi connectivity index (χ0n) is 19.7. The van der Waals surface area contributed by atoms with Crippen molar-refractivity contribution in [3.05, 3.63) is 65.7 Å². The highest BCUT2D eigenvalue weighted by atomic mass is 16.6. The second kappa shape index (κ2) is 10.8. The molecule has 0 saturated carbocycles. The number of nitrogens with one attached hydrogen (secondary N) is 2. The number of hydrogen-bond donors (Lipinski definition) is 3. The molecule has 0 aliphatic rings. The molecular formula is C25H32N2O6. The fraction of sp³-hybridized carbons (Fsp3) is 0.400. The second-order valence-electron chi connectivity index (χ2n) is 9.24. The number of carbonyl (C=O) groups excluding carboxylic acids is 2. The van der Waals surface area contributed by atoms with Crippen molar-refractivity contribution in [1.29, 1.82) is 0 Å². The van der Waals surface area contributed by atoms with E-state index in [1.807, 2.05) is 30.3 Å². The van der Waals surface area contributed by atoms with E-state index < -0.39 is 35.2 Å². The molecule has 178 valence electrons. The molecule has 0 heterocycles. The minimum absolute atomic E-state index is 0.0720. The molecule has 1 atom stereocenters. The number of alkyl carbamates (subject to hydrolysis) is 1. The molecule has 0 radical (unpaired) electrons. The number of ether oxygens (including phenoxy) is 2. The molecule has 0 saturated heterocycles. The van der Waals surface area contributed by atoms with Gasteiger partial charge in [-0.1, -0.05) is 42.5 Å². The molecule has 2 aromatic carbocycles. The zero-order valence-corrected chi connectivity index (χ0v) is 19.7. The van der Waals surface area contributed by atoms with Crippen molar-refractivity contribution in [2.75, 3.05) is 0 Å². The summed E-state index contributed by atoms with van der Waals surface area (Å²) in [5.74, 6) is -1.16. The van der Waals surface area contributed by atoms with Crippen LogP contribution in [0.5, 0.6) is 5.75 Å². The smallest absolute Gasteiger partial charge is 0.408 e. The third-order valence-corrected chi connectivity index (χ3v) is 4.60. The normalized spacial score (nSPS) is 12.4. The molecule has 2 amide bonds. The van der Waals surface area contributed by atoms with Crippen LogP contribution in [0.1, 0.15) is 45.7 Å². The van der Waals surface area contributed by atoms with Crippen LogP contribution in [-0.4, -0.2) is 40.3 Å². The molecule has 2 rings (SSSR count). The Morgan fingerprint density at radius 1 is 0.909 bits per heavy atom. The molecular weight excluding hydrogens is 424 g/mol. The molecule has 33 heavy (non-hydrogen) atoms. The van der Waals surface area contributed by atoms with Crippen molar-refractivity contribution in [3.63, 3.8) is 0 Å². The number of carboxylic acids is 1. The summed E-state index contributed by atoms with van der Waals surface area (Å²) < 4.78 is 10.9. The number of carboxylic acid groups (broad SMARTS) is 1. The topological polar surface area (TPSA) is 114 Å². The van der Waals surface area contributed by atoms with Gasteiger partial charge in [0.05, 0.1) is 0 Å². The van der Waals surface area contributed by atoms with E-state index in [4.69, 9.17) is 9.47 Å². The summed E-state index contributed by atoms with van der Waals surface area (Å²) in [6, 6.07) is 15.6. The van der Waals surface area contributed by atoms with E-state index in [0.717, 1.165) is 5.56 Å². The first-order chi connectivity index (χ1) is 15.4. The molecule has 8 heteroatoms. The van der Waals surface area contributed by atoms with Crippen LogP contribution >= 0.6 is 0 Å². The molecule has 0 aromatic heterocycles. The van der Waals surface area contributed by atoms with Gasteiger partial charge in [0.15, 0.2) is 0 Å². The van der Waals surface area contributed by atoms with Crippen molar-refractivity contribution in [2.24, 2.45) is 0 Å². The Kier molecular flexibility index (Phi) is 8.45. The van der Waals surface area contributed by atoms with Gasteiger partial charge in [0, 0.05) is 6.42 Å². The third-order valence-electron chi connectivity index (χ3n) is 4.60. The Balaban J connectivity index is 1.95. The highest BCUT2D eigenvalue weighted by molar-refractivity contribution is 5.92. The molecule has 0 aliphatic carbocycles. The lowest BCUT2D eigenvalue weighted by Gasteiger charge is -2.29. The molecule has 0 unspecified atom stereocenters. The quantitative estimate of drug-likeness (QED) is 0.530. The van der Waals surface area contributed by atoms with Gasteiger partial charge in [0.2, 0.25) is 5.91 Å². The van der Waals surface area contributed by atoms with Crippen LogP contribution in [0, 0.1) is 0 Å². The van der Waals surface area contributed by atoms with E-state index in [9.17, 15) is 19.5 Å². The monoisotopic (exact) mass is 456 g/mol. The van der Waals surface area contributed by atoms with Gasteiger partial charge < -0.3 is 25.2 Å². The van der Waals surface area contributed by atoms with Crippen LogP contribution in [0.3, 0.4) is 0 Å². The van der Waals surface area contributed by atoms with E-state index in [2.05, 4.69) is 10.6 Å². The summed E-state index contributed by atoms with van der Waals surface area (Å²) in [6.07, 6.45) is -0.691. The molecule has 0 bridgehead atoms. The van der Waals surface area contributed by atoms with Crippen LogP contribution in [0.25, 0.3) is 0 Å². The first kappa shape index (κ1) is 25.7. The molecule has 3 N–H and O–H groups in total. The van der Waals surface area contributed by atoms with Gasteiger partial charge in [-0.3, -0.25) is 4.79 Å². The zero-order chi connectivity index (χ0) is 24.6. The number of rotatable bonds is 9. The van der Waals surface area contributed by atoms with Crippen LogP contribution in [0.4, 0.5) is 4.79 Å². The summed E-state index contributed by atoms with van der Waals surface area (Å²) >= 11 is 0. The van der Waals surface area contributed by atoms with Crippen LogP contribution < -0.4 is 15.4 Å². The summed E-state index contributed by atoms with van der Waals surface area (Å²) in [6.45, 7) is 8.50. The molecule has 2 aromatic rings. The van der Waals surface area contributed by atoms with Gasteiger partial charge in [-0.05, 0) is 57.9 Å². The van der Waals surface area contributed by atoms with Gasteiger partial charge in [-0.25, -0.2) is 9.59 Å². The first-order valence-electron chi connectivity index (χ1n) is 10.7. The van der Waals surface area contributed by atoms with Gasteiger partial charge >= 0.3 is 12.1 Å². The van der Waals surface area contributed by atoms with Gasteiger partial charge in [0.25, 0.3) is 0 Å². The van der Waals surface area contributed by atoms with E-state index in [1.54, 1.807) is 45.0 Å². The lowest BCUT2D eigenvalue weighted by atomic mass is 10.0. The SMILES string of the molecule is CC(C)(C)OC(=O)NC(C)(C)C(=O)N[C@H](Cc1ccc(OCc2ccccc2)cc1)C(=O)O. The lowest BCUT2D eigenvalue weighted by molar-refractivity contribution is -0.142. The van der Waals surface area contributed by atoms with Gasteiger partial charge in [-0.15, -0.1) is 0 Å². The average molecular weight is 457 g/mol. The Hall–Kier alpha value is -3.55. The average Bonchev–Trinajstić information content (AvgIpc) is 2.71. The summed E-state index contributed by atoms with van der Waals surface area (Å²) in [5.41, 5.74) is -0.340. The van der Waals surface area contributed by atoms with E-state index in [1.165, 1.54) is 13.8 Å². The maximum Gasteiger partial charge on any atom is 0.408 e. The predicted molar refractivity (Wildman–Crippen MR) is 124 cm³/mol. The molecule has 8 nitrogen and oxygen atoms in total.